The molecule has 104 valence electrons. The summed E-state index contributed by atoms with van der Waals surface area (Å²) in [4.78, 5) is 14.9. The van der Waals surface area contributed by atoms with E-state index in [0.717, 1.165) is 16.8 Å². The minimum Gasteiger partial charge on any atom is -0.377 e. The molecule has 2 rings (SSSR count). The van der Waals surface area contributed by atoms with E-state index in [0.29, 0.717) is 5.69 Å². The molecule has 1 unspecified atom stereocenters. The molecule has 1 aromatic carbocycles. The molecule has 2 aromatic rings. The monoisotopic (exact) mass is 270 g/mol. The molecule has 0 bridgehead atoms. The lowest BCUT2D eigenvalue weighted by atomic mass is 10.1. The summed E-state index contributed by atoms with van der Waals surface area (Å²) in [6.07, 6.45) is 3.59. The van der Waals surface area contributed by atoms with Crippen molar-refractivity contribution in [3.63, 3.8) is 0 Å². The second-order valence-corrected chi connectivity index (χ2v) is 4.67. The number of hydrogen-bond donors (Lipinski definition) is 3. The fraction of sp³-hybridized carbons (Fsp3) is 0.200. The average Bonchev–Trinajstić information content (AvgIpc) is 2.41. The average molecular weight is 270 g/mol. The molecule has 0 aliphatic carbocycles. The summed E-state index contributed by atoms with van der Waals surface area (Å²) in [5.74, 6) is 0. The van der Waals surface area contributed by atoms with E-state index >= 15 is 0 Å². The van der Waals surface area contributed by atoms with Gasteiger partial charge in [-0.1, -0.05) is 12.1 Å². The highest BCUT2D eigenvalue weighted by Gasteiger charge is 2.07. The number of nitrogens with zero attached hydrogens (tertiary/aromatic N) is 1. The number of hydrogen-bond acceptors (Lipinski definition) is 3. The Hall–Kier alpha value is -2.56. The van der Waals surface area contributed by atoms with Crippen molar-refractivity contribution in [1.82, 2.24) is 4.98 Å². The van der Waals surface area contributed by atoms with Crippen molar-refractivity contribution in [2.75, 3.05) is 10.6 Å². The molecule has 0 fully saturated rings. The Kier molecular flexibility index (Phi) is 4.20. The lowest BCUT2D eigenvalue weighted by Gasteiger charge is -2.17. The maximum Gasteiger partial charge on any atom is 0.316 e. The van der Waals surface area contributed by atoms with Crippen LogP contribution in [-0.2, 0) is 0 Å². The normalized spacial score (nSPS) is 11.7. The van der Waals surface area contributed by atoms with Gasteiger partial charge in [0, 0.05) is 17.9 Å². The first-order chi connectivity index (χ1) is 9.56. The van der Waals surface area contributed by atoms with Gasteiger partial charge in [0.1, 0.15) is 0 Å². The Morgan fingerprint density at radius 1 is 1.25 bits per heavy atom. The Labute approximate surface area is 118 Å². The van der Waals surface area contributed by atoms with Gasteiger partial charge in [-0.25, -0.2) is 4.79 Å². The van der Waals surface area contributed by atoms with Gasteiger partial charge in [0.05, 0.1) is 11.9 Å². The van der Waals surface area contributed by atoms with Gasteiger partial charge in [-0.15, -0.1) is 0 Å². The maximum absolute atomic E-state index is 10.8. The van der Waals surface area contributed by atoms with Gasteiger partial charge < -0.3 is 16.4 Å². The third kappa shape index (κ3) is 3.47. The quantitative estimate of drug-likeness (QED) is 0.798. The third-order valence-corrected chi connectivity index (χ3v) is 3.09. The van der Waals surface area contributed by atoms with Crippen LogP contribution in [0.25, 0.3) is 0 Å². The van der Waals surface area contributed by atoms with Crippen molar-refractivity contribution in [2.45, 2.75) is 19.9 Å². The highest BCUT2D eigenvalue weighted by Crippen LogP contribution is 2.22. The van der Waals surface area contributed by atoms with Crippen molar-refractivity contribution in [1.29, 1.82) is 0 Å². The second-order valence-electron chi connectivity index (χ2n) is 4.67. The van der Waals surface area contributed by atoms with Crippen LogP contribution in [0.4, 0.5) is 16.2 Å². The van der Waals surface area contributed by atoms with Crippen LogP contribution < -0.4 is 16.4 Å². The zero-order valence-electron chi connectivity index (χ0n) is 11.6. The molecule has 20 heavy (non-hydrogen) atoms. The molecule has 1 heterocycles. The number of anilines is 2. The van der Waals surface area contributed by atoms with E-state index in [2.05, 4.69) is 22.5 Å². The van der Waals surface area contributed by atoms with E-state index in [1.54, 1.807) is 6.20 Å². The molecular weight excluding hydrogens is 252 g/mol. The summed E-state index contributed by atoms with van der Waals surface area (Å²) >= 11 is 0. The van der Waals surface area contributed by atoms with Crippen molar-refractivity contribution in [3.8, 4) is 0 Å². The first kappa shape index (κ1) is 13.9. The summed E-state index contributed by atoms with van der Waals surface area (Å²) in [7, 11) is 0. The van der Waals surface area contributed by atoms with Crippen molar-refractivity contribution in [2.24, 2.45) is 5.73 Å². The number of aryl methyl sites for hydroxylation is 1. The van der Waals surface area contributed by atoms with E-state index in [1.165, 1.54) is 0 Å². The number of pyridine rings is 1. The van der Waals surface area contributed by atoms with Gasteiger partial charge in [-0.3, -0.25) is 4.98 Å². The van der Waals surface area contributed by atoms with Crippen LogP contribution in [0.1, 0.15) is 24.1 Å². The largest absolute Gasteiger partial charge is 0.377 e. The van der Waals surface area contributed by atoms with E-state index in [4.69, 9.17) is 5.73 Å². The van der Waals surface area contributed by atoms with Crippen LogP contribution in [0.3, 0.4) is 0 Å². The first-order valence-electron chi connectivity index (χ1n) is 6.40. The van der Waals surface area contributed by atoms with Crippen LogP contribution in [-0.4, -0.2) is 11.0 Å². The van der Waals surface area contributed by atoms with Gasteiger partial charge in [0.2, 0.25) is 0 Å². The molecule has 0 saturated heterocycles. The van der Waals surface area contributed by atoms with Crippen LogP contribution in [0.15, 0.2) is 42.7 Å². The lowest BCUT2D eigenvalue weighted by molar-refractivity contribution is 0.259. The number of amides is 2. The van der Waals surface area contributed by atoms with E-state index < -0.39 is 6.03 Å². The zero-order valence-corrected chi connectivity index (χ0v) is 11.6. The Balaban J connectivity index is 2.08. The molecule has 0 saturated carbocycles. The Morgan fingerprint density at radius 3 is 2.55 bits per heavy atom. The fourth-order valence-corrected chi connectivity index (χ4v) is 1.93. The topological polar surface area (TPSA) is 80.0 Å². The highest BCUT2D eigenvalue weighted by molar-refractivity contribution is 5.87. The van der Waals surface area contributed by atoms with Gasteiger partial charge in [0.25, 0.3) is 0 Å². The third-order valence-electron chi connectivity index (χ3n) is 3.09. The van der Waals surface area contributed by atoms with E-state index in [1.807, 2.05) is 43.5 Å². The number of primary amides is 1. The number of carbonyl (C=O) groups excluding carboxylic acids is 1. The van der Waals surface area contributed by atoms with Crippen LogP contribution in [0.5, 0.6) is 0 Å². The van der Waals surface area contributed by atoms with Crippen LogP contribution in [0, 0.1) is 6.92 Å². The van der Waals surface area contributed by atoms with Crippen molar-refractivity contribution < 1.29 is 4.79 Å². The minimum absolute atomic E-state index is 0.139. The summed E-state index contributed by atoms with van der Waals surface area (Å²) in [5, 5.41) is 5.95. The van der Waals surface area contributed by atoms with E-state index in [9.17, 15) is 4.79 Å². The van der Waals surface area contributed by atoms with Crippen LogP contribution >= 0.6 is 0 Å². The number of aromatic nitrogens is 1. The molecule has 5 nitrogen and oxygen atoms in total. The van der Waals surface area contributed by atoms with Crippen LogP contribution in [0.2, 0.25) is 0 Å². The molecule has 4 N–H and O–H groups in total. The maximum atomic E-state index is 10.8. The summed E-state index contributed by atoms with van der Waals surface area (Å²) in [6.45, 7) is 4.11. The molecule has 2 amide bonds. The second kappa shape index (κ2) is 6.06. The zero-order chi connectivity index (χ0) is 14.5. The predicted octanol–water partition coefficient (Wildman–Crippen LogP) is 3.05. The highest BCUT2D eigenvalue weighted by atomic mass is 16.2. The molecule has 1 atom stereocenters. The molecule has 0 aliphatic rings. The van der Waals surface area contributed by atoms with Crippen molar-refractivity contribution in [3.05, 3.63) is 53.9 Å². The standard InChI is InChI=1S/C15H18N4O/c1-10-7-8-17-9-14(10)18-11(2)12-3-5-13(6-4-12)19-15(16)20/h3-9,11,18H,1-2H3,(H3,16,19,20). The first-order valence-corrected chi connectivity index (χ1v) is 6.40. The number of rotatable bonds is 4. The summed E-state index contributed by atoms with van der Waals surface area (Å²) in [5.41, 5.74) is 9.04. The number of benzene rings is 1. The number of carbonyl (C=O) groups is 1. The molecule has 0 spiro atoms. The lowest BCUT2D eigenvalue weighted by Crippen LogP contribution is -2.19. The SMILES string of the molecule is Cc1ccncc1NC(C)c1ccc(NC(N)=O)cc1. The molecule has 5 heteroatoms. The van der Waals surface area contributed by atoms with Gasteiger partial charge in [0.15, 0.2) is 0 Å². The smallest absolute Gasteiger partial charge is 0.316 e. The number of nitrogens with one attached hydrogen (secondary N) is 2. The predicted molar refractivity (Wildman–Crippen MR) is 80.7 cm³/mol. The van der Waals surface area contributed by atoms with E-state index in [-0.39, 0.29) is 6.04 Å². The Bertz CT molecular complexity index is 595. The van der Waals surface area contributed by atoms with Gasteiger partial charge >= 0.3 is 6.03 Å². The van der Waals surface area contributed by atoms with Crippen molar-refractivity contribution >= 4 is 17.4 Å². The summed E-state index contributed by atoms with van der Waals surface area (Å²) in [6, 6.07) is 9.11. The van der Waals surface area contributed by atoms with Gasteiger partial charge in [-0.2, -0.15) is 0 Å². The minimum atomic E-state index is -0.560. The number of urea groups is 1. The summed E-state index contributed by atoms with van der Waals surface area (Å²) < 4.78 is 0. The Morgan fingerprint density at radius 2 is 1.95 bits per heavy atom. The van der Waals surface area contributed by atoms with Gasteiger partial charge in [-0.05, 0) is 43.2 Å². The molecule has 1 aromatic heterocycles. The molecular formula is C15H18N4O. The number of nitrogens with two attached hydrogens (primary N) is 1. The molecule has 0 aliphatic heterocycles. The fourth-order valence-electron chi connectivity index (χ4n) is 1.93. The molecule has 0 radical (unpaired) electrons.